The van der Waals surface area contributed by atoms with Gasteiger partial charge in [0, 0.05) is 0 Å². The van der Waals surface area contributed by atoms with E-state index < -0.39 is 5.60 Å². The van der Waals surface area contributed by atoms with Gasteiger partial charge in [-0.05, 0) is 25.5 Å². The number of aromatic nitrogens is 1. The number of hydrogen-bond acceptors (Lipinski definition) is 4. The van der Waals surface area contributed by atoms with E-state index in [9.17, 15) is 5.11 Å². The zero-order valence-corrected chi connectivity index (χ0v) is 11.5. The minimum Gasteiger partial charge on any atom is -0.386 e. The van der Waals surface area contributed by atoms with E-state index in [0.717, 1.165) is 0 Å². The smallest absolute Gasteiger partial charge is 0.175 e. The fourth-order valence-corrected chi connectivity index (χ4v) is 1.44. The van der Waals surface area contributed by atoms with Gasteiger partial charge in [-0.2, -0.15) is 0 Å². The van der Waals surface area contributed by atoms with Crippen molar-refractivity contribution in [3.63, 3.8) is 0 Å². The molecule has 4 nitrogen and oxygen atoms in total. The molecule has 0 aromatic carbocycles. The van der Waals surface area contributed by atoms with Gasteiger partial charge in [-0.3, -0.25) is 0 Å². The van der Waals surface area contributed by atoms with Crippen LogP contribution >= 0.6 is 0 Å². The predicted octanol–water partition coefficient (Wildman–Crippen LogP) is 3.27. The standard InChI is InChI=1S/C12H16N2O2.C2H6/c1-5-7-8(12(3,4)15)10-9(6-2)16-14-11(10)13;1-2/h5-7,15H,1-2H2,3-4H3,(H2,13,14);1-2H3/b8-7+;. The number of allylic oxidation sites excluding steroid dienone is 2. The van der Waals surface area contributed by atoms with Crippen LogP contribution in [0.5, 0.6) is 0 Å². The summed E-state index contributed by atoms with van der Waals surface area (Å²) in [5, 5.41) is 13.7. The van der Waals surface area contributed by atoms with Crippen LogP contribution in [0.2, 0.25) is 0 Å². The average molecular weight is 250 g/mol. The zero-order valence-electron chi connectivity index (χ0n) is 11.5. The predicted molar refractivity (Wildman–Crippen MR) is 76.8 cm³/mol. The average Bonchev–Trinajstić information content (AvgIpc) is 2.68. The molecule has 0 spiro atoms. The second-order valence-corrected chi connectivity index (χ2v) is 3.89. The summed E-state index contributed by atoms with van der Waals surface area (Å²) in [4.78, 5) is 0. The number of nitrogens with zero attached hydrogens (tertiary/aromatic N) is 1. The molecule has 0 unspecified atom stereocenters. The lowest BCUT2D eigenvalue weighted by Gasteiger charge is -2.21. The molecule has 18 heavy (non-hydrogen) atoms. The molecule has 3 N–H and O–H groups in total. The Bertz CT molecular complexity index is 437. The first kappa shape index (κ1) is 16.2. The molecular formula is C14H22N2O2. The minimum atomic E-state index is -1.06. The Morgan fingerprint density at radius 2 is 1.94 bits per heavy atom. The van der Waals surface area contributed by atoms with E-state index in [1.807, 2.05) is 13.8 Å². The summed E-state index contributed by atoms with van der Waals surface area (Å²) in [6, 6.07) is 0. The van der Waals surface area contributed by atoms with Gasteiger partial charge in [0.25, 0.3) is 0 Å². The summed E-state index contributed by atoms with van der Waals surface area (Å²) in [6.07, 6.45) is 4.75. The molecule has 0 saturated carbocycles. The van der Waals surface area contributed by atoms with Gasteiger partial charge in [0.1, 0.15) is 0 Å². The molecule has 100 valence electrons. The SMILES string of the molecule is C=C/C=C(\c1c(N)noc1C=C)C(C)(C)O.CC. The Kier molecular flexibility index (Phi) is 6.13. The molecule has 1 rings (SSSR count). The highest BCUT2D eigenvalue weighted by Gasteiger charge is 2.26. The van der Waals surface area contributed by atoms with Crippen molar-refractivity contribution in [3.8, 4) is 0 Å². The molecule has 0 bridgehead atoms. The van der Waals surface area contributed by atoms with Gasteiger partial charge in [0.2, 0.25) is 0 Å². The van der Waals surface area contributed by atoms with Gasteiger partial charge in [-0.25, -0.2) is 0 Å². The molecule has 1 aromatic heterocycles. The van der Waals surface area contributed by atoms with E-state index in [1.165, 1.54) is 6.08 Å². The maximum Gasteiger partial charge on any atom is 0.175 e. The van der Waals surface area contributed by atoms with Crippen LogP contribution in [-0.2, 0) is 0 Å². The maximum absolute atomic E-state index is 10.0. The molecule has 0 atom stereocenters. The lowest BCUT2D eigenvalue weighted by molar-refractivity contribution is 0.143. The van der Waals surface area contributed by atoms with E-state index in [-0.39, 0.29) is 5.82 Å². The Morgan fingerprint density at radius 3 is 2.33 bits per heavy atom. The molecule has 0 amide bonds. The summed E-state index contributed by atoms with van der Waals surface area (Å²) < 4.78 is 4.99. The quantitative estimate of drug-likeness (QED) is 0.804. The molecule has 0 saturated heterocycles. The summed E-state index contributed by atoms with van der Waals surface area (Å²) in [5.74, 6) is 0.665. The highest BCUT2D eigenvalue weighted by atomic mass is 16.5. The summed E-state index contributed by atoms with van der Waals surface area (Å²) in [7, 11) is 0. The number of hydrogen-bond donors (Lipinski definition) is 2. The van der Waals surface area contributed by atoms with Crippen molar-refractivity contribution < 1.29 is 9.63 Å². The summed E-state index contributed by atoms with van der Waals surface area (Å²) >= 11 is 0. The lowest BCUT2D eigenvalue weighted by atomic mass is 9.90. The van der Waals surface area contributed by atoms with Crippen LogP contribution in [0.1, 0.15) is 39.0 Å². The van der Waals surface area contributed by atoms with Crippen LogP contribution < -0.4 is 5.73 Å². The first-order valence-electron chi connectivity index (χ1n) is 5.85. The molecule has 0 aliphatic carbocycles. The maximum atomic E-state index is 10.0. The van der Waals surface area contributed by atoms with E-state index >= 15 is 0 Å². The first-order chi connectivity index (χ1) is 8.41. The van der Waals surface area contributed by atoms with Crippen molar-refractivity contribution in [1.82, 2.24) is 5.16 Å². The molecule has 0 radical (unpaired) electrons. The van der Waals surface area contributed by atoms with Gasteiger partial charge in [0.15, 0.2) is 11.6 Å². The summed E-state index contributed by atoms with van der Waals surface area (Å²) in [5.41, 5.74) is 5.79. The van der Waals surface area contributed by atoms with Crippen molar-refractivity contribution in [2.75, 3.05) is 5.73 Å². The molecule has 0 fully saturated rings. The monoisotopic (exact) mass is 250 g/mol. The van der Waals surface area contributed by atoms with Crippen LogP contribution in [0.15, 0.2) is 29.8 Å². The van der Waals surface area contributed by atoms with Gasteiger partial charge in [0.05, 0.1) is 11.2 Å². The highest BCUT2D eigenvalue weighted by Crippen LogP contribution is 2.33. The van der Waals surface area contributed by atoms with E-state index in [4.69, 9.17) is 10.3 Å². The fraction of sp³-hybridized carbons (Fsp3) is 0.357. The van der Waals surface area contributed by atoms with Crippen molar-refractivity contribution >= 4 is 17.5 Å². The van der Waals surface area contributed by atoms with Crippen molar-refractivity contribution in [2.24, 2.45) is 0 Å². The topological polar surface area (TPSA) is 72.3 Å². The van der Waals surface area contributed by atoms with Gasteiger partial charge < -0.3 is 15.4 Å². The number of nitrogens with two attached hydrogens (primary N) is 1. The van der Waals surface area contributed by atoms with Gasteiger partial charge >= 0.3 is 0 Å². The third-order valence-electron chi connectivity index (χ3n) is 2.14. The number of anilines is 1. The van der Waals surface area contributed by atoms with Gasteiger partial charge in [-0.1, -0.05) is 44.3 Å². The number of nitrogen functional groups attached to an aromatic ring is 1. The fourth-order valence-electron chi connectivity index (χ4n) is 1.44. The zero-order chi connectivity index (χ0) is 14.3. The third-order valence-corrected chi connectivity index (χ3v) is 2.14. The van der Waals surface area contributed by atoms with Crippen molar-refractivity contribution in [1.29, 1.82) is 0 Å². The molecule has 0 aliphatic rings. The normalized spacial score (nSPS) is 11.5. The molecule has 0 aliphatic heterocycles. The lowest BCUT2D eigenvalue weighted by Crippen LogP contribution is -2.21. The second-order valence-electron chi connectivity index (χ2n) is 3.89. The van der Waals surface area contributed by atoms with Crippen LogP contribution in [0, 0.1) is 0 Å². The second kappa shape index (κ2) is 6.81. The van der Waals surface area contributed by atoms with E-state index in [1.54, 1.807) is 26.0 Å². The largest absolute Gasteiger partial charge is 0.386 e. The third kappa shape index (κ3) is 3.60. The minimum absolute atomic E-state index is 0.227. The Labute approximate surface area is 108 Å². The van der Waals surface area contributed by atoms with Gasteiger partial charge in [-0.15, -0.1) is 0 Å². The molecule has 1 heterocycles. The van der Waals surface area contributed by atoms with E-state index in [0.29, 0.717) is 16.9 Å². The van der Waals surface area contributed by atoms with Crippen LogP contribution in [0.4, 0.5) is 5.82 Å². The Hall–Kier alpha value is -1.81. The van der Waals surface area contributed by atoms with Crippen molar-refractivity contribution in [2.45, 2.75) is 33.3 Å². The molecule has 4 heteroatoms. The number of aliphatic hydroxyl groups is 1. The van der Waals surface area contributed by atoms with Crippen molar-refractivity contribution in [3.05, 3.63) is 36.6 Å². The Balaban J connectivity index is 0.00000137. The van der Waals surface area contributed by atoms with E-state index in [2.05, 4.69) is 18.3 Å². The summed E-state index contributed by atoms with van der Waals surface area (Å²) in [6.45, 7) is 14.5. The van der Waals surface area contributed by atoms with Crippen LogP contribution in [-0.4, -0.2) is 15.9 Å². The molecular weight excluding hydrogens is 228 g/mol. The van der Waals surface area contributed by atoms with Crippen LogP contribution in [0.25, 0.3) is 11.6 Å². The Morgan fingerprint density at radius 1 is 1.39 bits per heavy atom. The molecule has 1 aromatic rings. The highest BCUT2D eigenvalue weighted by molar-refractivity contribution is 5.82. The first-order valence-corrected chi connectivity index (χ1v) is 5.85. The number of rotatable bonds is 4. The van der Waals surface area contributed by atoms with Crippen LogP contribution in [0.3, 0.4) is 0 Å².